The van der Waals surface area contributed by atoms with E-state index < -0.39 is 17.6 Å². The van der Waals surface area contributed by atoms with Gasteiger partial charge in [-0.25, -0.2) is 13.6 Å². The van der Waals surface area contributed by atoms with E-state index in [2.05, 4.69) is 0 Å². The molecule has 4 aromatic rings. The highest BCUT2D eigenvalue weighted by molar-refractivity contribution is 6.22. The van der Waals surface area contributed by atoms with Gasteiger partial charge in [0.2, 0.25) is 0 Å². The molecule has 0 aliphatic heterocycles. The number of allylic oxidation sites excluding steroid dienone is 1. The van der Waals surface area contributed by atoms with Gasteiger partial charge in [-0.05, 0) is 79.5 Å². The highest BCUT2D eigenvalue weighted by Crippen LogP contribution is 2.53. The Morgan fingerprint density at radius 2 is 1.32 bits per heavy atom. The molecule has 4 aromatic carbocycles. The van der Waals surface area contributed by atoms with E-state index in [4.69, 9.17) is 4.74 Å². The third-order valence-corrected chi connectivity index (χ3v) is 7.04. The first-order valence-electron chi connectivity index (χ1n) is 11.5. The van der Waals surface area contributed by atoms with Crippen molar-refractivity contribution in [2.75, 3.05) is 7.11 Å². The van der Waals surface area contributed by atoms with Crippen LogP contribution in [0.25, 0.3) is 44.2 Å². The largest absolute Gasteiger partial charge is 0.465 e. The van der Waals surface area contributed by atoms with Crippen LogP contribution in [0.5, 0.6) is 0 Å². The fourth-order valence-corrected chi connectivity index (χ4v) is 5.57. The Kier molecular flexibility index (Phi) is 5.05. The van der Waals surface area contributed by atoms with Gasteiger partial charge in [-0.2, -0.15) is 10.5 Å². The molecule has 180 valence electrons. The molecule has 7 heteroatoms. The molecule has 0 spiro atoms. The summed E-state index contributed by atoms with van der Waals surface area (Å²) in [5.74, 6) is -1.88. The molecule has 2 aliphatic carbocycles. The maximum Gasteiger partial charge on any atom is 0.349 e. The molecule has 0 aromatic heterocycles. The van der Waals surface area contributed by atoms with E-state index >= 15 is 0 Å². The Labute approximate surface area is 215 Å². The van der Waals surface area contributed by atoms with Crippen molar-refractivity contribution in [1.82, 2.24) is 0 Å². The minimum absolute atomic E-state index is 0.128. The number of benzene rings is 4. The summed E-state index contributed by atoms with van der Waals surface area (Å²) < 4.78 is 33.5. The number of hydrogen-bond acceptors (Lipinski definition) is 5. The van der Waals surface area contributed by atoms with Crippen LogP contribution in [0.3, 0.4) is 0 Å². The van der Waals surface area contributed by atoms with Gasteiger partial charge in [-0.3, -0.25) is 4.79 Å². The second kappa shape index (κ2) is 8.33. The lowest BCUT2D eigenvalue weighted by Crippen LogP contribution is -2.06. The van der Waals surface area contributed by atoms with E-state index in [9.17, 15) is 28.9 Å². The zero-order valence-electron chi connectivity index (χ0n) is 19.7. The summed E-state index contributed by atoms with van der Waals surface area (Å²) in [4.78, 5) is 24.4. The van der Waals surface area contributed by atoms with Crippen LogP contribution in [0.1, 0.15) is 22.3 Å². The lowest BCUT2D eigenvalue weighted by molar-refractivity contribution is -0.135. The average Bonchev–Trinajstić information content (AvgIpc) is 3.42. The third kappa shape index (κ3) is 3.00. The number of hydrogen-bond donors (Lipinski definition) is 0. The van der Waals surface area contributed by atoms with Crippen LogP contribution in [-0.4, -0.2) is 19.4 Å². The fourth-order valence-electron chi connectivity index (χ4n) is 5.57. The minimum atomic E-state index is -0.848. The van der Waals surface area contributed by atoms with Crippen molar-refractivity contribution >= 4 is 34.2 Å². The number of rotatable bonds is 2. The van der Waals surface area contributed by atoms with Crippen molar-refractivity contribution in [3.63, 3.8) is 0 Å². The number of nitrogens with zero attached hydrogens (tertiary/aromatic N) is 2. The third-order valence-electron chi connectivity index (χ3n) is 7.04. The summed E-state index contributed by atoms with van der Waals surface area (Å²) in [7, 11) is 1.17. The van der Waals surface area contributed by atoms with Gasteiger partial charge in [-0.15, -0.1) is 0 Å². The highest BCUT2D eigenvalue weighted by atomic mass is 19.1. The Hall–Kier alpha value is -5.40. The van der Waals surface area contributed by atoms with E-state index in [-0.39, 0.29) is 16.7 Å². The fraction of sp³-hybridized carbons (Fsp3) is 0.0323. The molecule has 0 unspecified atom stereocenters. The standard InChI is InChI=1S/C31H14F2N2O3/c1-38-31(37)26(13-35)30-24-10-16(32)2-4-18(24)19-6-7-20-21(29(19)30)8-9-23-27(15(12-34)14-36)25-11-17(33)3-5-22(25)28(20)23/h2-11,14H,1H3/b27-15-,30-26+. The molecule has 0 bridgehead atoms. The zero-order chi connectivity index (χ0) is 26.7. The molecule has 5 nitrogen and oxygen atoms in total. The first-order chi connectivity index (χ1) is 18.4. The number of halogens is 2. The zero-order valence-corrected chi connectivity index (χ0v) is 19.7. The van der Waals surface area contributed by atoms with E-state index in [1.54, 1.807) is 24.3 Å². The van der Waals surface area contributed by atoms with E-state index in [0.717, 1.165) is 0 Å². The van der Waals surface area contributed by atoms with Gasteiger partial charge in [-0.1, -0.05) is 36.4 Å². The molecule has 0 fully saturated rings. The van der Waals surface area contributed by atoms with Gasteiger partial charge in [0.05, 0.1) is 7.11 Å². The monoisotopic (exact) mass is 500 g/mol. The van der Waals surface area contributed by atoms with Crippen LogP contribution in [0.2, 0.25) is 0 Å². The van der Waals surface area contributed by atoms with Crippen LogP contribution < -0.4 is 0 Å². The topological polar surface area (TPSA) is 90.9 Å². The van der Waals surface area contributed by atoms with Crippen molar-refractivity contribution in [1.29, 1.82) is 10.5 Å². The second-order valence-corrected chi connectivity index (χ2v) is 8.82. The number of nitriles is 2. The Morgan fingerprint density at radius 3 is 1.92 bits per heavy atom. The molecule has 0 saturated heterocycles. The molecule has 0 atom stereocenters. The summed E-state index contributed by atoms with van der Waals surface area (Å²) in [6.45, 7) is 0. The SMILES string of the molecule is COC(=O)/C(C#N)=C1\c2cc(F)ccc2-c2ccc3c4c(ccc3c21)/C(=C(\C#N)C=O)c1cc(F)ccc1-4. The number of ether oxygens (including phenoxy) is 1. The number of aldehydes is 1. The van der Waals surface area contributed by atoms with Crippen LogP contribution in [-0.2, 0) is 14.3 Å². The first kappa shape index (κ1) is 23.0. The number of methoxy groups -OCH3 is 1. The summed E-state index contributed by atoms with van der Waals surface area (Å²) >= 11 is 0. The summed E-state index contributed by atoms with van der Waals surface area (Å²) in [5, 5.41) is 20.9. The van der Waals surface area contributed by atoms with Crippen molar-refractivity contribution < 1.29 is 23.1 Å². The van der Waals surface area contributed by atoms with Gasteiger partial charge in [0, 0.05) is 11.1 Å². The molecule has 2 aliphatic rings. The molecule has 0 heterocycles. The molecule has 38 heavy (non-hydrogen) atoms. The van der Waals surface area contributed by atoms with Crippen molar-refractivity contribution in [3.05, 3.63) is 106 Å². The maximum atomic E-state index is 14.4. The molecular formula is C31H14F2N2O3. The molecule has 0 amide bonds. The predicted molar refractivity (Wildman–Crippen MR) is 136 cm³/mol. The van der Waals surface area contributed by atoms with Crippen LogP contribution in [0, 0.1) is 34.3 Å². The van der Waals surface area contributed by atoms with E-state index in [1.807, 2.05) is 24.3 Å². The number of carbonyl (C=O) groups excluding carboxylic acids is 2. The van der Waals surface area contributed by atoms with Gasteiger partial charge in [0.25, 0.3) is 0 Å². The summed E-state index contributed by atoms with van der Waals surface area (Å²) in [6.07, 6.45) is 0.452. The van der Waals surface area contributed by atoms with Gasteiger partial charge in [0.15, 0.2) is 6.29 Å². The smallest absolute Gasteiger partial charge is 0.349 e. The first-order valence-corrected chi connectivity index (χ1v) is 11.5. The van der Waals surface area contributed by atoms with Crippen LogP contribution in [0.4, 0.5) is 8.78 Å². The van der Waals surface area contributed by atoms with E-state index in [0.29, 0.717) is 67.1 Å². The quantitative estimate of drug-likeness (QED) is 0.124. The lowest BCUT2D eigenvalue weighted by Gasteiger charge is -2.13. The maximum absolute atomic E-state index is 14.4. The molecule has 0 N–H and O–H groups in total. The second-order valence-electron chi connectivity index (χ2n) is 8.82. The molecule has 0 radical (unpaired) electrons. The van der Waals surface area contributed by atoms with E-state index in [1.165, 1.54) is 31.4 Å². The number of fused-ring (bicyclic) bond motifs is 9. The Bertz CT molecular complexity index is 1940. The van der Waals surface area contributed by atoms with Crippen molar-refractivity contribution in [3.8, 4) is 34.4 Å². The van der Waals surface area contributed by atoms with Gasteiger partial charge in [0.1, 0.15) is 34.9 Å². The minimum Gasteiger partial charge on any atom is -0.465 e. The highest BCUT2D eigenvalue weighted by Gasteiger charge is 2.34. The number of esters is 1. The number of carbonyl (C=O) groups is 2. The molecule has 6 rings (SSSR count). The summed E-state index contributed by atoms with van der Waals surface area (Å²) in [6, 6.07) is 19.4. The predicted octanol–water partition coefficient (Wildman–Crippen LogP) is 6.10. The van der Waals surface area contributed by atoms with Gasteiger partial charge >= 0.3 is 5.97 Å². The summed E-state index contributed by atoms with van der Waals surface area (Å²) in [5.41, 5.74) is 4.85. The van der Waals surface area contributed by atoms with Crippen LogP contribution in [0.15, 0.2) is 71.8 Å². The van der Waals surface area contributed by atoms with Crippen molar-refractivity contribution in [2.24, 2.45) is 0 Å². The van der Waals surface area contributed by atoms with Crippen LogP contribution >= 0.6 is 0 Å². The molecule has 0 saturated carbocycles. The molecular weight excluding hydrogens is 486 g/mol. The normalized spacial score (nSPS) is 15.0. The van der Waals surface area contributed by atoms with Crippen molar-refractivity contribution in [2.45, 2.75) is 0 Å². The average molecular weight is 500 g/mol. The Balaban J connectivity index is 1.78. The van der Waals surface area contributed by atoms with Gasteiger partial charge < -0.3 is 4.74 Å². The Morgan fingerprint density at radius 1 is 0.737 bits per heavy atom. The lowest BCUT2D eigenvalue weighted by atomic mass is 9.89.